The van der Waals surface area contributed by atoms with E-state index in [1.54, 1.807) is 12.1 Å². The molecule has 0 aliphatic carbocycles. The van der Waals surface area contributed by atoms with Gasteiger partial charge in [-0.2, -0.15) is 4.39 Å². The maximum absolute atomic E-state index is 12.4. The van der Waals surface area contributed by atoms with Crippen LogP contribution in [-0.4, -0.2) is 4.92 Å². The minimum atomic E-state index is -0.549. The van der Waals surface area contributed by atoms with Crippen molar-refractivity contribution in [2.75, 3.05) is 0 Å². The largest absolute Gasteiger partial charge is 0.433 e. The van der Waals surface area contributed by atoms with Crippen molar-refractivity contribution in [2.45, 2.75) is 27.7 Å². The first-order chi connectivity index (χ1) is 14.6. The zero-order valence-electron chi connectivity index (χ0n) is 17.5. The number of furan rings is 2. The van der Waals surface area contributed by atoms with Crippen molar-refractivity contribution in [3.05, 3.63) is 101 Å². The highest BCUT2D eigenvalue weighted by Crippen LogP contribution is 2.25. The molecule has 0 atom stereocenters. The molecular formula is C24H26FNO4. The topological polar surface area (TPSA) is 69.4 Å². The number of hydrogen-bond donors (Lipinski definition) is 0. The van der Waals surface area contributed by atoms with E-state index in [1.807, 2.05) is 88.4 Å². The summed E-state index contributed by atoms with van der Waals surface area (Å²) < 4.78 is 22.3. The molecule has 4 rings (SSSR count). The molecule has 30 heavy (non-hydrogen) atoms. The van der Waals surface area contributed by atoms with E-state index in [1.165, 1.54) is 12.1 Å². The first kappa shape index (κ1) is 24.4. The van der Waals surface area contributed by atoms with E-state index in [2.05, 4.69) is 0 Å². The van der Waals surface area contributed by atoms with E-state index in [-0.39, 0.29) is 5.88 Å². The van der Waals surface area contributed by atoms with Crippen molar-refractivity contribution in [1.29, 1.82) is 0 Å². The third kappa shape index (κ3) is 7.39. The lowest BCUT2D eigenvalue weighted by Gasteiger charge is -1.92. The molecule has 0 saturated carbocycles. The summed E-state index contributed by atoms with van der Waals surface area (Å²) in [6, 6.07) is 24.0. The highest BCUT2D eigenvalue weighted by molar-refractivity contribution is 5.58. The summed E-state index contributed by atoms with van der Waals surface area (Å²) in [4.78, 5) is 9.81. The normalized spacial score (nSPS) is 9.10. The van der Waals surface area contributed by atoms with E-state index in [4.69, 9.17) is 8.83 Å². The summed E-state index contributed by atoms with van der Waals surface area (Å²) in [6.07, 6.45) is 0. The van der Waals surface area contributed by atoms with E-state index in [9.17, 15) is 14.5 Å². The molecule has 0 saturated heterocycles. The smallest absolute Gasteiger partial charge is 0.431 e. The zero-order valence-corrected chi connectivity index (χ0v) is 17.5. The second kappa shape index (κ2) is 13.5. The SMILES string of the molecule is CC.CC.Fc1ccc(-c2ccccc2)o1.O=[N+]([O-])c1ccc(-c2ccccc2)o1. The van der Waals surface area contributed by atoms with Gasteiger partial charge in [0.05, 0.1) is 6.07 Å². The Balaban J connectivity index is 0.000000260. The Morgan fingerprint density at radius 2 is 1.10 bits per heavy atom. The van der Waals surface area contributed by atoms with Crippen LogP contribution in [-0.2, 0) is 0 Å². The first-order valence-electron chi connectivity index (χ1n) is 9.74. The van der Waals surface area contributed by atoms with Crippen LogP contribution in [0.1, 0.15) is 27.7 Å². The molecule has 0 spiro atoms. The van der Waals surface area contributed by atoms with Gasteiger partial charge >= 0.3 is 5.88 Å². The van der Waals surface area contributed by atoms with E-state index in [0.29, 0.717) is 11.5 Å². The molecular weight excluding hydrogens is 385 g/mol. The monoisotopic (exact) mass is 411 g/mol. The Kier molecular flexibility index (Phi) is 11.0. The summed E-state index contributed by atoms with van der Waals surface area (Å²) in [5.74, 6) is 0.842. The van der Waals surface area contributed by atoms with Crippen LogP contribution in [0.2, 0.25) is 0 Å². The van der Waals surface area contributed by atoms with Crippen LogP contribution in [0.15, 0.2) is 93.8 Å². The summed E-state index contributed by atoms with van der Waals surface area (Å²) in [7, 11) is 0. The van der Waals surface area contributed by atoms with Gasteiger partial charge < -0.3 is 8.83 Å². The fourth-order valence-electron chi connectivity index (χ4n) is 2.26. The van der Waals surface area contributed by atoms with E-state index < -0.39 is 10.9 Å². The summed E-state index contributed by atoms with van der Waals surface area (Å²) in [5.41, 5.74) is 1.72. The third-order valence-electron chi connectivity index (χ3n) is 3.46. The van der Waals surface area contributed by atoms with Crippen molar-refractivity contribution >= 4 is 5.88 Å². The van der Waals surface area contributed by atoms with Gasteiger partial charge in [-0.15, -0.1) is 0 Å². The second-order valence-electron chi connectivity index (χ2n) is 5.23. The molecule has 0 N–H and O–H groups in total. The predicted molar refractivity (Wildman–Crippen MR) is 118 cm³/mol. The lowest BCUT2D eigenvalue weighted by molar-refractivity contribution is -0.401. The third-order valence-corrected chi connectivity index (χ3v) is 3.46. The average Bonchev–Trinajstić information content (AvgIpc) is 3.48. The van der Waals surface area contributed by atoms with Gasteiger partial charge in [0.2, 0.25) is 0 Å². The molecule has 5 nitrogen and oxygen atoms in total. The standard InChI is InChI=1S/C10H7FO.C10H7NO3.2C2H6/c11-10-7-6-9(12-10)8-4-2-1-3-5-8;12-11(13)10-7-6-9(14-10)8-4-2-1-3-5-8;2*1-2/h1-7H;1-7H;2*1-2H3. The molecule has 2 heterocycles. The Morgan fingerprint density at radius 1 is 0.667 bits per heavy atom. The molecule has 0 radical (unpaired) electrons. The number of nitro groups is 1. The van der Waals surface area contributed by atoms with Crippen LogP contribution in [0.3, 0.4) is 0 Å². The van der Waals surface area contributed by atoms with E-state index in [0.717, 1.165) is 11.1 Å². The van der Waals surface area contributed by atoms with Crippen LogP contribution in [0, 0.1) is 16.1 Å². The van der Waals surface area contributed by atoms with Crippen LogP contribution < -0.4 is 0 Å². The van der Waals surface area contributed by atoms with Crippen LogP contribution in [0.25, 0.3) is 22.6 Å². The fourth-order valence-corrected chi connectivity index (χ4v) is 2.26. The lowest BCUT2D eigenvalue weighted by Crippen LogP contribution is -1.82. The summed E-state index contributed by atoms with van der Waals surface area (Å²) >= 11 is 0. The Hall–Kier alpha value is -3.67. The maximum atomic E-state index is 12.4. The van der Waals surface area contributed by atoms with Gasteiger partial charge in [0.1, 0.15) is 16.4 Å². The number of nitrogens with zero attached hydrogens (tertiary/aromatic N) is 1. The molecule has 2 aromatic heterocycles. The van der Waals surface area contributed by atoms with E-state index >= 15 is 0 Å². The van der Waals surface area contributed by atoms with Gasteiger partial charge in [-0.1, -0.05) is 88.4 Å². The number of halogens is 1. The average molecular weight is 411 g/mol. The van der Waals surface area contributed by atoms with Crippen molar-refractivity contribution in [2.24, 2.45) is 0 Å². The highest BCUT2D eigenvalue weighted by atomic mass is 19.1. The van der Waals surface area contributed by atoms with Crippen LogP contribution in [0.5, 0.6) is 0 Å². The van der Waals surface area contributed by atoms with Gasteiger partial charge in [0.15, 0.2) is 0 Å². The predicted octanol–water partition coefficient (Wildman–Crippen LogP) is 7.99. The van der Waals surface area contributed by atoms with Crippen molar-refractivity contribution in [1.82, 2.24) is 0 Å². The molecule has 0 fully saturated rings. The fraction of sp³-hybridized carbons (Fsp3) is 0.167. The zero-order chi connectivity index (χ0) is 22.4. The maximum Gasteiger partial charge on any atom is 0.433 e. The van der Waals surface area contributed by atoms with Gasteiger partial charge in [-0.05, 0) is 12.1 Å². The molecule has 0 bridgehead atoms. The van der Waals surface area contributed by atoms with Gasteiger partial charge in [0.25, 0.3) is 6.01 Å². The van der Waals surface area contributed by atoms with Gasteiger partial charge in [0, 0.05) is 17.2 Å². The minimum absolute atomic E-state index is 0.233. The number of hydrogen-bond acceptors (Lipinski definition) is 4. The molecule has 6 heteroatoms. The molecule has 0 aliphatic heterocycles. The highest BCUT2D eigenvalue weighted by Gasteiger charge is 2.12. The van der Waals surface area contributed by atoms with Crippen molar-refractivity contribution in [3.63, 3.8) is 0 Å². The second-order valence-corrected chi connectivity index (χ2v) is 5.23. The summed E-state index contributed by atoms with van der Waals surface area (Å²) in [5, 5.41) is 10.4. The molecule has 0 amide bonds. The van der Waals surface area contributed by atoms with Crippen LogP contribution in [0.4, 0.5) is 10.3 Å². The summed E-state index contributed by atoms with van der Waals surface area (Å²) in [6.45, 7) is 8.00. The minimum Gasteiger partial charge on any atom is -0.431 e. The Labute approximate surface area is 175 Å². The molecule has 2 aromatic carbocycles. The molecule has 4 aromatic rings. The van der Waals surface area contributed by atoms with Gasteiger partial charge in [-0.25, -0.2) is 0 Å². The molecule has 0 unspecified atom stereocenters. The Bertz CT molecular complexity index is 979. The van der Waals surface area contributed by atoms with Crippen LogP contribution >= 0.6 is 0 Å². The quantitative estimate of drug-likeness (QED) is 0.253. The lowest BCUT2D eigenvalue weighted by atomic mass is 10.2. The first-order valence-corrected chi connectivity index (χ1v) is 9.74. The number of benzene rings is 2. The van der Waals surface area contributed by atoms with Crippen molar-refractivity contribution in [3.8, 4) is 22.6 Å². The van der Waals surface area contributed by atoms with Crippen molar-refractivity contribution < 1.29 is 18.1 Å². The number of rotatable bonds is 3. The Morgan fingerprint density at radius 3 is 1.47 bits per heavy atom. The molecule has 0 aliphatic rings. The van der Waals surface area contributed by atoms with Gasteiger partial charge in [-0.3, -0.25) is 10.1 Å². The molecule has 158 valence electrons.